The predicted molar refractivity (Wildman–Crippen MR) is 69.7 cm³/mol. The lowest BCUT2D eigenvalue weighted by molar-refractivity contribution is 0.359. The molecular formula is C14H17O6. The summed E-state index contributed by atoms with van der Waals surface area (Å²) in [4.78, 5) is 22.6. The lowest BCUT2D eigenvalue weighted by Gasteiger charge is -2.07. The van der Waals surface area contributed by atoms with Crippen molar-refractivity contribution >= 4 is 0 Å². The van der Waals surface area contributed by atoms with Gasteiger partial charge in [-0.3, -0.25) is 0 Å². The highest BCUT2D eigenvalue weighted by atomic mass is 16.6. The Bertz CT molecular complexity index is 681. The lowest BCUT2D eigenvalue weighted by Crippen LogP contribution is -2.02. The van der Waals surface area contributed by atoms with Gasteiger partial charge in [-0.25, -0.2) is 9.59 Å². The molecule has 0 unspecified atom stereocenters. The molecule has 6 nitrogen and oxygen atoms in total. The van der Waals surface area contributed by atoms with Crippen LogP contribution in [0.25, 0.3) is 0 Å². The molecular weight excluding hydrogens is 264 g/mol. The Morgan fingerprint density at radius 2 is 1.60 bits per heavy atom. The number of aryl methyl sites for hydroxylation is 1. The maximum atomic E-state index is 11.3. The smallest absolute Gasteiger partial charge is 0.396 e. The predicted octanol–water partition coefficient (Wildman–Crippen LogP) is 2.85. The maximum Gasteiger partial charge on any atom is 0.519 e. The first kappa shape index (κ1) is 14.4. The third-order valence-corrected chi connectivity index (χ3v) is 2.93. The first-order chi connectivity index (χ1) is 9.43. The SMILES string of the molecule is CCCc1oc(=O)oc1[C](C)c1oc(=O)oc1C(C)C. The van der Waals surface area contributed by atoms with E-state index in [0.29, 0.717) is 35.4 Å². The average Bonchev–Trinajstić information content (AvgIpc) is 2.92. The van der Waals surface area contributed by atoms with E-state index in [0.717, 1.165) is 6.42 Å². The van der Waals surface area contributed by atoms with Crippen LogP contribution < -0.4 is 11.6 Å². The van der Waals surface area contributed by atoms with Crippen LogP contribution in [0.5, 0.6) is 0 Å². The van der Waals surface area contributed by atoms with Gasteiger partial charge in [0.2, 0.25) is 0 Å². The molecule has 2 aromatic rings. The fraction of sp³-hybridized carbons (Fsp3) is 0.500. The van der Waals surface area contributed by atoms with Gasteiger partial charge >= 0.3 is 11.6 Å². The van der Waals surface area contributed by atoms with E-state index in [1.165, 1.54) is 0 Å². The van der Waals surface area contributed by atoms with Crippen LogP contribution >= 0.6 is 0 Å². The molecule has 0 amide bonds. The van der Waals surface area contributed by atoms with E-state index in [-0.39, 0.29) is 5.92 Å². The van der Waals surface area contributed by atoms with Gasteiger partial charge in [0, 0.05) is 12.3 Å². The zero-order valence-corrected chi connectivity index (χ0v) is 11.9. The normalized spacial score (nSPS) is 11.7. The molecule has 2 heterocycles. The second-order valence-corrected chi connectivity index (χ2v) is 4.88. The quantitative estimate of drug-likeness (QED) is 0.837. The molecule has 1 radical (unpaired) electrons. The number of hydrogen-bond donors (Lipinski definition) is 0. The van der Waals surface area contributed by atoms with Crippen molar-refractivity contribution < 1.29 is 17.7 Å². The molecule has 0 saturated carbocycles. The van der Waals surface area contributed by atoms with Crippen LogP contribution in [0.1, 0.15) is 63.1 Å². The maximum absolute atomic E-state index is 11.3. The second-order valence-electron chi connectivity index (χ2n) is 4.88. The van der Waals surface area contributed by atoms with Crippen molar-refractivity contribution in [2.75, 3.05) is 0 Å². The highest BCUT2D eigenvalue weighted by Gasteiger charge is 2.29. The minimum Gasteiger partial charge on any atom is -0.396 e. The Morgan fingerprint density at radius 1 is 1.00 bits per heavy atom. The van der Waals surface area contributed by atoms with E-state index in [4.69, 9.17) is 17.7 Å². The van der Waals surface area contributed by atoms with Gasteiger partial charge in [-0.1, -0.05) is 20.8 Å². The van der Waals surface area contributed by atoms with Crippen molar-refractivity contribution in [1.82, 2.24) is 0 Å². The van der Waals surface area contributed by atoms with Crippen LogP contribution in [0.2, 0.25) is 0 Å². The van der Waals surface area contributed by atoms with Crippen LogP contribution in [-0.2, 0) is 6.42 Å². The molecule has 0 N–H and O–H groups in total. The van der Waals surface area contributed by atoms with Gasteiger partial charge in [-0.2, -0.15) is 0 Å². The van der Waals surface area contributed by atoms with Gasteiger partial charge in [0.05, 0.1) is 0 Å². The monoisotopic (exact) mass is 281 g/mol. The van der Waals surface area contributed by atoms with Crippen LogP contribution in [-0.4, -0.2) is 0 Å². The van der Waals surface area contributed by atoms with E-state index in [2.05, 4.69) is 0 Å². The summed E-state index contributed by atoms with van der Waals surface area (Å²) in [6.07, 6.45) is 1.37. The summed E-state index contributed by atoms with van der Waals surface area (Å²) < 4.78 is 20.2. The Labute approximate surface area is 115 Å². The minimum absolute atomic E-state index is 0.0281. The molecule has 0 bridgehead atoms. The minimum atomic E-state index is -0.772. The Balaban J connectivity index is 2.48. The Hall–Kier alpha value is -1.98. The molecule has 0 saturated heterocycles. The second kappa shape index (κ2) is 5.56. The zero-order valence-electron chi connectivity index (χ0n) is 11.9. The van der Waals surface area contributed by atoms with Crippen molar-refractivity contribution in [2.45, 2.75) is 46.5 Å². The molecule has 0 atom stereocenters. The standard InChI is InChI=1S/C14H17O6/c1-5-6-9-11(19-13(15)17-9)8(4)12-10(7(2)3)18-14(16)20-12/h7H,5-6H2,1-4H3. The molecule has 20 heavy (non-hydrogen) atoms. The fourth-order valence-electron chi connectivity index (χ4n) is 2.02. The molecule has 0 spiro atoms. The van der Waals surface area contributed by atoms with Gasteiger partial charge in [0.25, 0.3) is 0 Å². The number of rotatable bonds is 5. The summed E-state index contributed by atoms with van der Waals surface area (Å²) in [6.45, 7) is 7.42. The highest BCUT2D eigenvalue weighted by Crippen LogP contribution is 2.31. The molecule has 2 aromatic heterocycles. The van der Waals surface area contributed by atoms with Gasteiger partial charge in [0.15, 0.2) is 23.0 Å². The van der Waals surface area contributed by atoms with E-state index in [1.807, 2.05) is 20.8 Å². The fourth-order valence-corrected chi connectivity index (χ4v) is 2.02. The summed E-state index contributed by atoms with van der Waals surface area (Å²) in [6, 6.07) is 0. The highest BCUT2D eigenvalue weighted by molar-refractivity contribution is 5.37. The van der Waals surface area contributed by atoms with Crippen molar-refractivity contribution in [3.05, 3.63) is 50.2 Å². The third-order valence-electron chi connectivity index (χ3n) is 2.93. The van der Waals surface area contributed by atoms with Gasteiger partial charge in [-0.05, 0) is 13.3 Å². The Kier molecular flexibility index (Phi) is 4.01. The van der Waals surface area contributed by atoms with Gasteiger partial charge in [-0.15, -0.1) is 0 Å². The van der Waals surface area contributed by atoms with Crippen molar-refractivity contribution in [3.8, 4) is 0 Å². The molecule has 109 valence electrons. The average molecular weight is 281 g/mol. The first-order valence-corrected chi connectivity index (χ1v) is 6.55. The molecule has 6 heteroatoms. The van der Waals surface area contributed by atoms with E-state index in [1.54, 1.807) is 6.92 Å². The van der Waals surface area contributed by atoms with E-state index >= 15 is 0 Å². The van der Waals surface area contributed by atoms with Crippen molar-refractivity contribution in [1.29, 1.82) is 0 Å². The third kappa shape index (κ3) is 2.64. The van der Waals surface area contributed by atoms with E-state index in [9.17, 15) is 9.59 Å². The van der Waals surface area contributed by atoms with Crippen LogP contribution in [0.3, 0.4) is 0 Å². The van der Waals surface area contributed by atoms with Gasteiger partial charge < -0.3 is 17.7 Å². The molecule has 0 fully saturated rings. The summed E-state index contributed by atoms with van der Waals surface area (Å²) in [5, 5.41) is 0. The number of hydrogen-bond acceptors (Lipinski definition) is 6. The lowest BCUT2D eigenvalue weighted by atomic mass is 9.98. The first-order valence-electron chi connectivity index (χ1n) is 6.55. The Morgan fingerprint density at radius 3 is 2.20 bits per heavy atom. The largest absolute Gasteiger partial charge is 0.519 e. The topological polar surface area (TPSA) is 86.7 Å². The van der Waals surface area contributed by atoms with E-state index < -0.39 is 11.6 Å². The van der Waals surface area contributed by atoms with Gasteiger partial charge in [0.1, 0.15) is 5.92 Å². The van der Waals surface area contributed by atoms with Crippen LogP contribution in [0.4, 0.5) is 0 Å². The zero-order chi connectivity index (χ0) is 14.9. The van der Waals surface area contributed by atoms with Crippen molar-refractivity contribution in [2.24, 2.45) is 0 Å². The molecule has 0 aliphatic rings. The summed E-state index contributed by atoms with van der Waals surface area (Å²) in [5.74, 6) is 0.446. The summed E-state index contributed by atoms with van der Waals surface area (Å²) in [5.41, 5.74) is 0. The molecule has 0 aliphatic carbocycles. The molecule has 0 aromatic carbocycles. The molecule has 2 rings (SSSR count). The van der Waals surface area contributed by atoms with Crippen molar-refractivity contribution in [3.63, 3.8) is 0 Å². The molecule has 0 aliphatic heterocycles. The van der Waals surface area contributed by atoms with Crippen LogP contribution in [0.15, 0.2) is 27.3 Å². The summed E-state index contributed by atoms with van der Waals surface area (Å²) >= 11 is 0. The summed E-state index contributed by atoms with van der Waals surface area (Å²) in [7, 11) is 0. The van der Waals surface area contributed by atoms with Crippen LogP contribution in [0, 0.1) is 5.92 Å².